The SMILES string of the molecule is Cl.O=C(COc1ccccc1)NCC(=O)Nc1ccc2c(c1F)CCNC2. The third-order valence-corrected chi connectivity index (χ3v) is 4.04. The normalized spacial score (nSPS) is 12.3. The molecular weight excluding hydrogens is 373 g/mol. The number of hydrogen-bond acceptors (Lipinski definition) is 4. The van der Waals surface area contributed by atoms with Gasteiger partial charge in [-0.1, -0.05) is 24.3 Å². The van der Waals surface area contributed by atoms with E-state index >= 15 is 0 Å². The van der Waals surface area contributed by atoms with Crippen LogP contribution in [-0.2, 0) is 22.6 Å². The molecule has 1 aliphatic heterocycles. The molecule has 0 unspecified atom stereocenters. The van der Waals surface area contributed by atoms with Gasteiger partial charge in [-0.25, -0.2) is 4.39 Å². The number of benzene rings is 2. The summed E-state index contributed by atoms with van der Waals surface area (Å²) in [4.78, 5) is 23.7. The second kappa shape index (κ2) is 9.89. The smallest absolute Gasteiger partial charge is 0.258 e. The van der Waals surface area contributed by atoms with Gasteiger partial charge in [-0.15, -0.1) is 12.4 Å². The lowest BCUT2D eigenvalue weighted by atomic mass is 9.99. The van der Waals surface area contributed by atoms with Crippen molar-refractivity contribution in [2.45, 2.75) is 13.0 Å². The minimum atomic E-state index is -0.495. The molecule has 0 saturated carbocycles. The number of nitrogens with one attached hydrogen (secondary N) is 3. The van der Waals surface area contributed by atoms with E-state index in [-0.39, 0.29) is 31.2 Å². The molecule has 144 valence electrons. The first-order valence-corrected chi connectivity index (χ1v) is 8.39. The fraction of sp³-hybridized carbons (Fsp3) is 0.263. The number of carbonyl (C=O) groups excluding carboxylic acids is 2. The molecule has 0 aliphatic carbocycles. The number of carbonyl (C=O) groups is 2. The lowest BCUT2D eigenvalue weighted by Crippen LogP contribution is -2.36. The zero-order valence-electron chi connectivity index (χ0n) is 14.6. The first kappa shape index (κ1) is 20.7. The van der Waals surface area contributed by atoms with Gasteiger partial charge in [0.15, 0.2) is 6.61 Å². The third kappa shape index (κ3) is 5.67. The van der Waals surface area contributed by atoms with Gasteiger partial charge in [0.25, 0.3) is 5.91 Å². The summed E-state index contributed by atoms with van der Waals surface area (Å²) in [5.41, 5.74) is 1.66. The Kier molecular flexibility index (Phi) is 7.57. The zero-order chi connectivity index (χ0) is 18.4. The molecule has 0 radical (unpaired) electrons. The molecule has 27 heavy (non-hydrogen) atoms. The second-order valence-electron chi connectivity index (χ2n) is 5.92. The van der Waals surface area contributed by atoms with Crippen LogP contribution in [0.3, 0.4) is 0 Å². The largest absolute Gasteiger partial charge is 0.484 e. The van der Waals surface area contributed by atoms with Gasteiger partial charge < -0.3 is 20.7 Å². The molecular formula is C19H21ClFN3O3. The Bertz CT molecular complexity index is 802. The Labute approximate surface area is 162 Å². The number of anilines is 1. The summed E-state index contributed by atoms with van der Waals surface area (Å²) < 4.78 is 19.8. The molecule has 6 nitrogen and oxygen atoms in total. The van der Waals surface area contributed by atoms with Crippen molar-refractivity contribution < 1.29 is 18.7 Å². The van der Waals surface area contributed by atoms with Gasteiger partial charge in [0, 0.05) is 6.54 Å². The number of amides is 2. The molecule has 0 fully saturated rings. The number of halogens is 2. The predicted molar refractivity (Wildman–Crippen MR) is 103 cm³/mol. The Morgan fingerprint density at radius 2 is 1.89 bits per heavy atom. The second-order valence-corrected chi connectivity index (χ2v) is 5.92. The van der Waals surface area contributed by atoms with Gasteiger partial charge >= 0.3 is 0 Å². The van der Waals surface area contributed by atoms with E-state index in [1.54, 1.807) is 36.4 Å². The molecule has 2 aromatic carbocycles. The third-order valence-electron chi connectivity index (χ3n) is 4.04. The summed E-state index contributed by atoms with van der Waals surface area (Å²) >= 11 is 0. The van der Waals surface area contributed by atoms with Crippen LogP contribution in [0.2, 0.25) is 0 Å². The van der Waals surface area contributed by atoms with Crippen molar-refractivity contribution in [3.8, 4) is 5.75 Å². The molecule has 0 spiro atoms. The van der Waals surface area contributed by atoms with Crippen LogP contribution in [0.15, 0.2) is 42.5 Å². The van der Waals surface area contributed by atoms with Crippen LogP contribution in [0, 0.1) is 5.82 Å². The van der Waals surface area contributed by atoms with Gasteiger partial charge in [-0.2, -0.15) is 0 Å². The molecule has 0 atom stereocenters. The van der Waals surface area contributed by atoms with Crippen molar-refractivity contribution >= 4 is 29.9 Å². The van der Waals surface area contributed by atoms with Crippen LogP contribution < -0.4 is 20.7 Å². The van der Waals surface area contributed by atoms with Gasteiger partial charge in [0.05, 0.1) is 12.2 Å². The Balaban J connectivity index is 0.00000261. The van der Waals surface area contributed by atoms with Gasteiger partial charge in [-0.05, 0) is 42.3 Å². The molecule has 0 saturated heterocycles. The monoisotopic (exact) mass is 393 g/mol. The first-order valence-electron chi connectivity index (χ1n) is 8.39. The van der Waals surface area contributed by atoms with Crippen molar-refractivity contribution in [3.05, 3.63) is 59.4 Å². The molecule has 2 aromatic rings. The predicted octanol–water partition coefficient (Wildman–Crippen LogP) is 2.03. The highest BCUT2D eigenvalue weighted by atomic mass is 35.5. The maximum atomic E-state index is 14.5. The standard InChI is InChI=1S/C19H20FN3O3.ClH/c20-19-15-8-9-21-10-13(15)6-7-16(19)23-17(24)11-22-18(25)12-26-14-4-2-1-3-5-14;/h1-7,21H,8-12H2,(H,22,25)(H,23,24);1H. The summed E-state index contributed by atoms with van der Waals surface area (Å²) in [6, 6.07) is 12.2. The highest BCUT2D eigenvalue weighted by Crippen LogP contribution is 2.24. The topological polar surface area (TPSA) is 79.5 Å². The van der Waals surface area contributed by atoms with E-state index < -0.39 is 17.6 Å². The molecule has 8 heteroatoms. The number of hydrogen-bond donors (Lipinski definition) is 3. The molecule has 0 bridgehead atoms. The van der Waals surface area contributed by atoms with E-state index in [4.69, 9.17) is 4.74 Å². The fourth-order valence-electron chi connectivity index (χ4n) is 2.72. The van der Waals surface area contributed by atoms with E-state index in [2.05, 4.69) is 16.0 Å². The number of fused-ring (bicyclic) bond motifs is 1. The molecule has 3 N–H and O–H groups in total. The molecule has 3 rings (SSSR count). The minimum absolute atomic E-state index is 0. The summed E-state index contributed by atoms with van der Waals surface area (Å²) in [7, 11) is 0. The number of para-hydroxylation sites is 1. The molecule has 2 amide bonds. The average molecular weight is 394 g/mol. The highest BCUT2D eigenvalue weighted by Gasteiger charge is 2.17. The van der Waals surface area contributed by atoms with Crippen molar-refractivity contribution in [2.75, 3.05) is 25.0 Å². The van der Waals surface area contributed by atoms with Crippen molar-refractivity contribution in [3.63, 3.8) is 0 Å². The van der Waals surface area contributed by atoms with E-state index in [1.165, 1.54) is 0 Å². The number of ether oxygens (including phenoxy) is 1. The van der Waals surface area contributed by atoms with Gasteiger partial charge in [0.2, 0.25) is 5.91 Å². The van der Waals surface area contributed by atoms with Crippen molar-refractivity contribution in [1.82, 2.24) is 10.6 Å². The minimum Gasteiger partial charge on any atom is -0.484 e. The molecule has 1 heterocycles. The maximum Gasteiger partial charge on any atom is 0.258 e. The van der Waals surface area contributed by atoms with Gasteiger partial charge in [-0.3, -0.25) is 9.59 Å². The average Bonchev–Trinajstić information content (AvgIpc) is 2.68. The van der Waals surface area contributed by atoms with Crippen molar-refractivity contribution in [1.29, 1.82) is 0 Å². The maximum absolute atomic E-state index is 14.5. The van der Waals surface area contributed by atoms with Crippen LogP contribution in [0.1, 0.15) is 11.1 Å². The quantitative estimate of drug-likeness (QED) is 0.701. The van der Waals surface area contributed by atoms with Crippen LogP contribution in [0.5, 0.6) is 5.75 Å². The lowest BCUT2D eigenvalue weighted by molar-refractivity contribution is -0.125. The molecule has 1 aliphatic rings. The van der Waals surface area contributed by atoms with Gasteiger partial charge in [0.1, 0.15) is 11.6 Å². The fourth-order valence-corrected chi connectivity index (χ4v) is 2.72. The zero-order valence-corrected chi connectivity index (χ0v) is 15.4. The van der Waals surface area contributed by atoms with E-state index in [0.717, 1.165) is 5.56 Å². The highest BCUT2D eigenvalue weighted by molar-refractivity contribution is 5.94. The summed E-state index contributed by atoms with van der Waals surface area (Å²) in [5, 5.41) is 8.12. The summed E-state index contributed by atoms with van der Waals surface area (Å²) in [5.74, 6) is -0.763. The van der Waals surface area contributed by atoms with Crippen LogP contribution >= 0.6 is 12.4 Å². The lowest BCUT2D eigenvalue weighted by Gasteiger charge is -2.19. The first-order chi connectivity index (χ1) is 12.6. The van der Waals surface area contributed by atoms with Crippen LogP contribution in [0.25, 0.3) is 0 Å². The van der Waals surface area contributed by atoms with E-state index in [9.17, 15) is 14.0 Å². The van der Waals surface area contributed by atoms with Crippen molar-refractivity contribution in [2.24, 2.45) is 0 Å². The van der Waals surface area contributed by atoms with E-state index in [1.807, 2.05) is 6.07 Å². The number of rotatable bonds is 6. The summed E-state index contributed by atoms with van der Waals surface area (Å²) in [6.45, 7) is 0.878. The molecule has 0 aromatic heterocycles. The Morgan fingerprint density at radius 1 is 1.11 bits per heavy atom. The summed E-state index contributed by atoms with van der Waals surface area (Å²) in [6.07, 6.45) is 0.582. The van der Waals surface area contributed by atoms with Crippen LogP contribution in [-0.4, -0.2) is 31.5 Å². The Hall–Kier alpha value is -2.64. The van der Waals surface area contributed by atoms with E-state index in [0.29, 0.717) is 30.8 Å². The van der Waals surface area contributed by atoms with Crippen LogP contribution in [0.4, 0.5) is 10.1 Å². The Morgan fingerprint density at radius 3 is 2.67 bits per heavy atom.